The van der Waals surface area contributed by atoms with Gasteiger partial charge in [-0.1, -0.05) is 61.5 Å². The van der Waals surface area contributed by atoms with E-state index in [4.69, 9.17) is 0 Å². The summed E-state index contributed by atoms with van der Waals surface area (Å²) in [7, 11) is 0. The molecule has 1 saturated heterocycles. The summed E-state index contributed by atoms with van der Waals surface area (Å²) in [6, 6.07) is 18.7. The van der Waals surface area contributed by atoms with Gasteiger partial charge in [0, 0.05) is 13.1 Å². The van der Waals surface area contributed by atoms with Gasteiger partial charge in [0.2, 0.25) is 5.91 Å². The van der Waals surface area contributed by atoms with Crippen molar-refractivity contribution >= 4 is 18.3 Å². The average Bonchev–Trinajstić information content (AvgIpc) is 2.68. The van der Waals surface area contributed by atoms with Crippen LogP contribution in [0, 0.1) is 5.92 Å². The first kappa shape index (κ1) is 20.5. The molecule has 140 valence electrons. The van der Waals surface area contributed by atoms with Gasteiger partial charge >= 0.3 is 0 Å². The molecule has 3 rings (SSSR count). The number of nitrogens with zero attached hydrogens (tertiary/aromatic N) is 1. The van der Waals surface area contributed by atoms with Gasteiger partial charge < -0.3 is 10.2 Å². The number of likely N-dealkylation sites (tertiary alicyclic amines) is 1. The lowest BCUT2D eigenvalue weighted by molar-refractivity contribution is -0.131. The van der Waals surface area contributed by atoms with Gasteiger partial charge in [-0.05, 0) is 48.5 Å². The molecule has 0 aliphatic carbocycles. The van der Waals surface area contributed by atoms with Crippen molar-refractivity contribution in [2.45, 2.75) is 26.2 Å². The highest BCUT2D eigenvalue weighted by atomic mass is 35.5. The van der Waals surface area contributed by atoms with Gasteiger partial charge in [0.1, 0.15) is 0 Å². The third kappa shape index (κ3) is 5.58. The van der Waals surface area contributed by atoms with E-state index in [0.717, 1.165) is 44.6 Å². The van der Waals surface area contributed by atoms with Crippen molar-refractivity contribution in [3.63, 3.8) is 0 Å². The van der Waals surface area contributed by atoms with Crippen LogP contribution < -0.4 is 5.32 Å². The molecular formula is C22H29ClN2O. The summed E-state index contributed by atoms with van der Waals surface area (Å²) in [5.41, 5.74) is 3.50. The lowest BCUT2D eigenvalue weighted by Gasteiger charge is -2.32. The number of nitrogens with one attached hydrogen (secondary N) is 1. The number of rotatable bonds is 6. The average molecular weight is 373 g/mol. The number of amides is 1. The molecule has 4 heteroatoms. The van der Waals surface area contributed by atoms with Crippen LogP contribution in [0.3, 0.4) is 0 Å². The predicted molar refractivity (Wildman–Crippen MR) is 111 cm³/mol. The summed E-state index contributed by atoms with van der Waals surface area (Å²) < 4.78 is 0. The van der Waals surface area contributed by atoms with Gasteiger partial charge in [-0.25, -0.2) is 0 Å². The maximum Gasteiger partial charge on any atom is 0.226 e. The second kappa shape index (κ2) is 10.3. The fourth-order valence-electron chi connectivity index (χ4n) is 3.47. The molecule has 1 N–H and O–H groups in total. The molecule has 1 aliphatic rings. The first-order valence-corrected chi connectivity index (χ1v) is 9.39. The maximum atomic E-state index is 12.6. The topological polar surface area (TPSA) is 32.3 Å². The van der Waals surface area contributed by atoms with Crippen LogP contribution in [-0.2, 0) is 11.2 Å². The van der Waals surface area contributed by atoms with E-state index in [1.165, 1.54) is 11.1 Å². The van der Waals surface area contributed by atoms with Crippen LogP contribution in [0.15, 0.2) is 54.6 Å². The molecule has 1 heterocycles. The summed E-state index contributed by atoms with van der Waals surface area (Å²) in [5, 5.41) is 3.42. The molecule has 0 aromatic heterocycles. The van der Waals surface area contributed by atoms with Crippen LogP contribution in [0.5, 0.6) is 0 Å². The lowest BCUT2D eigenvalue weighted by atomic mass is 9.96. The summed E-state index contributed by atoms with van der Waals surface area (Å²) in [5.74, 6) is 0.975. The fourth-order valence-corrected chi connectivity index (χ4v) is 3.47. The fraction of sp³-hybridized carbons (Fsp3) is 0.409. The molecule has 0 radical (unpaired) electrons. The van der Waals surface area contributed by atoms with Gasteiger partial charge in [0.25, 0.3) is 0 Å². The highest BCUT2D eigenvalue weighted by molar-refractivity contribution is 5.85. The highest BCUT2D eigenvalue weighted by Gasteiger charge is 2.22. The Morgan fingerprint density at radius 3 is 2.23 bits per heavy atom. The Labute approximate surface area is 163 Å². The zero-order valence-corrected chi connectivity index (χ0v) is 16.3. The van der Waals surface area contributed by atoms with Crippen molar-refractivity contribution < 1.29 is 4.79 Å². The molecular weight excluding hydrogens is 344 g/mol. The van der Waals surface area contributed by atoms with E-state index in [9.17, 15) is 4.79 Å². The number of halogens is 1. The van der Waals surface area contributed by atoms with Crippen molar-refractivity contribution in [2.24, 2.45) is 5.92 Å². The Morgan fingerprint density at radius 1 is 1.00 bits per heavy atom. The molecule has 0 bridgehead atoms. The summed E-state index contributed by atoms with van der Waals surface area (Å²) >= 11 is 0. The van der Waals surface area contributed by atoms with Crippen LogP contribution in [-0.4, -0.2) is 37.0 Å². The smallest absolute Gasteiger partial charge is 0.226 e. The third-order valence-corrected chi connectivity index (χ3v) is 5.07. The minimum absolute atomic E-state index is 0. The van der Waals surface area contributed by atoms with E-state index in [0.29, 0.717) is 12.3 Å². The summed E-state index contributed by atoms with van der Waals surface area (Å²) in [4.78, 5) is 14.6. The monoisotopic (exact) mass is 372 g/mol. The SMILES string of the molecule is CCNCC1CCN(C(=O)Cc2ccc(-c3ccccc3)cc2)CC1.Cl. The zero-order chi connectivity index (χ0) is 17.5. The summed E-state index contributed by atoms with van der Waals surface area (Å²) in [6.07, 6.45) is 2.74. The van der Waals surface area contributed by atoms with Crippen LogP contribution in [0.4, 0.5) is 0 Å². The highest BCUT2D eigenvalue weighted by Crippen LogP contribution is 2.21. The van der Waals surface area contributed by atoms with Crippen molar-refractivity contribution in [3.05, 3.63) is 60.2 Å². The van der Waals surface area contributed by atoms with Crippen LogP contribution in [0.25, 0.3) is 11.1 Å². The molecule has 0 spiro atoms. The third-order valence-electron chi connectivity index (χ3n) is 5.07. The number of hydrogen-bond donors (Lipinski definition) is 1. The van der Waals surface area contributed by atoms with E-state index in [2.05, 4.69) is 48.6 Å². The van der Waals surface area contributed by atoms with E-state index in [-0.39, 0.29) is 18.3 Å². The second-order valence-corrected chi connectivity index (χ2v) is 6.87. The molecule has 26 heavy (non-hydrogen) atoms. The standard InChI is InChI=1S/C22H28N2O.ClH/c1-2-23-17-19-12-14-24(15-13-19)22(25)16-18-8-10-21(11-9-18)20-6-4-3-5-7-20;/h3-11,19,23H,2,12-17H2,1H3;1H. The number of carbonyl (C=O) groups is 1. The Morgan fingerprint density at radius 2 is 1.62 bits per heavy atom. The Hall–Kier alpha value is -1.84. The molecule has 0 saturated carbocycles. The van der Waals surface area contributed by atoms with E-state index < -0.39 is 0 Å². The number of piperidine rings is 1. The lowest BCUT2D eigenvalue weighted by Crippen LogP contribution is -2.41. The molecule has 1 fully saturated rings. The maximum absolute atomic E-state index is 12.6. The molecule has 1 amide bonds. The summed E-state index contributed by atoms with van der Waals surface area (Å²) in [6.45, 7) is 6.05. The Bertz CT molecular complexity index is 664. The van der Waals surface area contributed by atoms with Gasteiger partial charge in [0.15, 0.2) is 0 Å². The van der Waals surface area contributed by atoms with Crippen molar-refractivity contribution in [1.29, 1.82) is 0 Å². The van der Waals surface area contributed by atoms with E-state index in [1.54, 1.807) is 0 Å². The zero-order valence-electron chi connectivity index (χ0n) is 15.5. The normalized spacial score (nSPS) is 14.7. The first-order valence-electron chi connectivity index (χ1n) is 9.39. The minimum Gasteiger partial charge on any atom is -0.342 e. The quantitative estimate of drug-likeness (QED) is 0.825. The van der Waals surface area contributed by atoms with E-state index >= 15 is 0 Å². The van der Waals surface area contributed by atoms with Gasteiger partial charge in [0.05, 0.1) is 6.42 Å². The molecule has 0 unspecified atom stereocenters. The molecule has 1 aliphatic heterocycles. The van der Waals surface area contributed by atoms with Crippen molar-refractivity contribution in [1.82, 2.24) is 10.2 Å². The number of hydrogen-bond acceptors (Lipinski definition) is 2. The van der Waals surface area contributed by atoms with Crippen LogP contribution in [0.1, 0.15) is 25.3 Å². The number of carbonyl (C=O) groups excluding carboxylic acids is 1. The van der Waals surface area contributed by atoms with E-state index in [1.807, 2.05) is 23.1 Å². The van der Waals surface area contributed by atoms with Crippen LogP contribution >= 0.6 is 12.4 Å². The number of benzene rings is 2. The van der Waals surface area contributed by atoms with Gasteiger partial charge in [-0.2, -0.15) is 0 Å². The largest absolute Gasteiger partial charge is 0.342 e. The second-order valence-electron chi connectivity index (χ2n) is 6.87. The molecule has 2 aromatic rings. The first-order chi connectivity index (χ1) is 12.3. The molecule has 2 aromatic carbocycles. The van der Waals surface area contributed by atoms with Crippen molar-refractivity contribution in [2.75, 3.05) is 26.2 Å². The molecule has 3 nitrogen and oxygen atoms in total. The van der Waals surface area contributed by atoms with Gasteiger partial charge in [-0.3, -0.25) is 4.79 Å². The molecule has 0 atom stereocenters. The van der Waals surface area contributed by atoms with Crippen molar-refractivity contribution in [3.8, 4) is 11.1 Å². The Balaban J connectivity index is 0.00000243. The van der Waals surface area contributed by atoms with Crippen LogP contribution in [0.2, 0.25) is 0 Å². The van der Waals surface area contributed by atoms with Gasteiger partial charge in [-0.15, -0.1) is 12.4 Å². The Kier molecular flexibility index (Phi) is 8.14. The predicted octanol–water partition coefficient (Wildman–Crippen LogP) is 4.17. The minimum atomic E-state index is 0.